The van der Waals surface area contributed by atoms with Gasteiger partial charge in [0.2, 0.25) is 0 Å². The van der Waals surface area contributed by atoms with Crippen molar-refractivity contribution in [3.05, 3.63) is 70.3 Å². The van der Waals surface area contributed by atoms with E-state index in [0.29, 0.717) is 12.1 Å². The Morgan fingerprint density at radius 1 is 1.10 bits per heavy atom. The maximum absolute atomic E-state index is 10.9. The van der Waals surface area contributed by atoms with Crippen LogP contribution in [0.25, 0.3) is 0 Å². The molecule has 104 valence electrons. The number of nitrogens with one attached hydrogen (secondary N) is 1. The average molecular weight is 272 g/mol. The molecule has 0 aliphatic carbocycles. The molecule has 1 atom stereocenters. The first kappa shape index (κ1) is 14.0. The summed E-state index contributed by atoms with van der Waals surface area (Å²) in [4.78, 5) is 10.4. The van der Waals surface area contributed by atoms with Crippen LogP contribution in [-0.4, -0.2) is 22.7 Å². The van der Waals surface area contributed by atoms with Gasteiger partial charge in [-0.1, -0.05) is 42.5 Å². The summed E-state index contributed by atoms with van der Waals surface area (Å²) in [6.07, 6.45) is -0.0914. The van der Waals surface area contributed by atoms with Crippen molar-refractivity contribution in [3.63, 3.8) is 0 Å². The predicted molar refractivity (Wildman–Crippen MR) is 77.7 cm³/mol. The second-order valence-corrected chi connectivity index (χ2v) is 4.50. The van der Waals surface area contributed by atoms with Crippen LogP contribution >= 0.6 is 0 Å². The maximum atomic E-state index is 10.9. The van der Waals surface area contributed by atoms with Crippen molar-refractivity contribution in [2.45, 2.75) is 12.5 Å². The van der Waals surface area contributed by atoms with Crippen LogP contribution in [0.15, 0.2) is 54.6 Å². The molecule has 0 aliphatic rings. The molecule has 2 aromatic carbocycles. The highest BCUT2D eigenvalue weighted by molar-refractivity contribution is 5.61. The van der Waals surface area contributed by atoms with Crippen LogP contribution in [0, 0.1) is 10.1 Å². The number of hydrogen-bond donors (Lipinski definition) is 2. The second-order valence-electron chi connectivity index (χ2n) is 4.50. The summed E-state index contributed by atoms with van der Waals surface area (Å²) in [5, 5.41) is 23.7. The number of nitro groups is 1. The largest absolute Gasteiger partial charge is 0.391 e. The third-order valence-corrected chi connectivity index (χ3v) is 2.94. The van der Waals surface area contributed by atoms with E-state index in [2.05, 4.69) is 5.32 Å². The van der Waals surface area contributed by atoms with Crippen LogP contribution in [0.1, 0.15) is 5.56 Å². The van der Waals surface area contributed by atoms with Crippen molar-refractivity contribution in [3.8, 4) is 0 Å². The Bertz CT molecular complexity index is 572. The summed E-state index contributed by atoms with van der Waals surface area (Å²) in [5.74, 6) is 0. The quantitative estimate of drug-likeness (QED) is 0.626. The molecule has 0 amide bonds. The second kappa shape index (κ2) is 6.68. The van der Waals surface area contributed by atoms with E-state index in [1.54, 1.807) is 18.2 Å². The summed E-state index contributed by atoms with van der Waals surface area (Å²) in [5.41, 5.74) is 1.47. The zero-order chi connectivity index (χ0) is 14.4. The molecule has 2 aromatic rings. The third kappa shape index (κ3) is 3.80. The molecule has 0 radical (unpaired) electrons. The molecule has 0 heterocycles. The van der Waals surface area contributed by atoms with Crippen LogP contribution in [0.3, 0.4) is 0 Å². The molecule has 0 saturated heterocycles. The van der Waals surface area contributed by atoms with E-state index in [9.17, 15) is 15.2 Å². The summed E-state index contributed by atoms with van der Waals surface area (Å²) >= 11 is 0. The molecule has 20 heavy (non-hydrogen) atoms. The highest BCUT2D eigenvalue weighted by Gasteiger charge is 2.13. The van der Waals surface area contributed by atoms with Gasteiger partial charge in [-0.15, -0.1) is 0 Å². The Labute approximate surface area is 117 Å². The highest BCUT2D eigenvalue weighted by atomic mass is 16.6. The lowest BCUT2D eigenvalue weighted by Gasteiger charge is -2.13. The first-order valence-electron chi connectivity index (χ1n) is 6.36. The van der Waals surface area contributed by atoms with E-state index in [-0.39, 0.29) is 12.2 Å². The van der Waals surface area contributed by atoms with Crippen LogP contribution in [0.5, 0.6) is 0 Å². The van der Waals surface area contributed by atoms with E-state index in [4.69, 9.17) is 0 Å². The van der Waals surface area contributed by atoms with E-state index in [1.807, 2.05) is 30.3 Å². The minimum absolute atomic E-state index is 0.0133. The molecular formula is C15H16N2O3. The summed E-state index contributed by atoms with van der Waals surface area (Å²) < 4.78 is 0. The number of benzene rings is 2. The Morgan fingerprint density at radius 3 is 2.45 bits per heavy atom. The molecule has 0 aromatic heterocycles. The van der Waals surface area contributed by atoms with Gasteiger partial charge in [0.1, 0.15) is 5.69 Å². The van der Waals surface area contributed by atoms with E-state index in [1.165, 1.54) is 6.07 Å². The van der Waals surface area contributed by atoms with Gasteiger partial charge in [-0.3, -0.25) is 10.1 Å². The van der Waals surface area contributed by atoms with Crippen LogP contribution in [0.4, 0.5) is 11.4 Å². The fourth-order valence-corrected chi connectivity index (χ4v) is 1.97. The van der Waals surface area contributed by atoms with Gasteiger partial charge < -0.3 is 10.4 Å². The lowest BCUT2D eigenvalue weighted by Crippen LogP contribution is -2.22. The zero-order valence-electron chi connectivity index (χ0n) is 10.9. The average Bonchev–Trinajstić information content (AvgIpc) is 2.46. The lowest BCUT2D eigenvalue weighted by molar-refractivity contribution is -0.384. The van der Waals surface area contributed by atoms with Crippen molar-refractivity contribution in [2.24, 2.45) is 0 Å². The summed E-state index contributed by atoms with van der Waals surface area (Å²) in [6.45, 7) is 0.264. The minimum atomic E-state index is -0.600. The first-order chi connectivity index (χ1) is 9.66. The molecule has 5 heteroatoms. The minimum Gasteiger partial charge on any atom is -0.391 e. The van der Waals surface area contributed by atoms with Crippen molar-refractivity contribution >= 4 is 11.4 Å². The first-order valence-corrected chi connectivity index (χ1v) is 6.36. The number of para-hydroxylation sites is 2. The van der Waals surface area contributed by atoms with Crippen LogP contribution in [-0.2, 0) is 6.42 Å². The molecule has 0 aliphatic heterocycles. The topological polar surface area (TPSA) is 75.4 Å². The molecule has 5 nitrogen and oxygen atoms in total. The molecule has 0 spiro atoms. The Balaban J connectivity index is 1.94. The molecule has 2 rings (SSSR count). The number of anilines is 1. The fraction of sp³-hybridized carbons (Fsp3) is 0.200. The van der Waals surface area contributed by atoms with Gasteiger partial charge in [-0.05, 0) is 11.6 Å². The monoisotopic (exact) mass is 272 g/mol. The molecule has 1 unspecified atom stereocenters. The third-order valence-electron chi connectivity index (χ3n) is 2.94. The van der Waals surface area contributed by atoms with Crippen LogP contribution < -0.4 is 5.32 Å². The number of aliphatic hydroxyl groups excluding tert-OH is 1. The van der Waals surface area contributed by atoms with Crippen molar-refractivity contribution in [1.82, 2.24) is 0 Å². The van der Waals surface area contributed by atoms with E-state index in [0.717, 1.165) is 5.56 Å². The summed E-state index contributed by atoms with van der Waals surface area (Å²) in [6, 6.07) is 16.0. The molecule has 0 saturated carbocycles. The molecule has 0 bridgehead atoms. The smallest absolute Gasteiger partial charge is 0.292 e. The van der Waals surface area contributed by atoms with Gasteiger partial charge in [0.15, 0.2) is 0 Å². The SMILES string of the molecule is O=[N+]([O-])c1ccccc1NCC(O)Cc1ccccc1. The van der Waals surface area contributed by atoms with E-state index < -0.39 is 11.0 Å². The Kier molecular flexibility index (Phi) is 4.68. The van der Waals surface area contributed by atoms with Gasteiger partial charge in [-0.25, -0.2) is 0 Å². The number of hydrogen-bond acceptors (Lipinski definition) is 4. The van der Waals surface area contributed by atoms with Crippen molar-refractivity contribution in [2.75, 3.05) is 11.9 Å². The van der Waals surface area contributed by atoms with Gasteiger partial charge >= 0.3 is 0 Å². The van der Waals surface area contributed by atoms with Gasteiger partial charge in [0.05, 0.1) is 11.0 Å². The Hall–Kier alpha value is -2.40. The number of aliphatic hydroxyl groups is 1. The summed E-state index contributed by atoms with van der Waals surface area (Å²) in [7, 11) is 0. The van der Waals surface area contributed by atoms with Crippen molar-refractivity contribution in [1.29, 1.82) is 0 Å². The molecule has 2 N–H and O–H groups in total. The fourth-order valence-electron chi connectivity index (χ4n) is 1.97. The number of nitro benzene ring substituents is 1. The van der Waals surface area contributed by atoms with E-state index >= 15 is 0 Å². The van der Waals surface area contributed by atoms with Crippen LogP contribution in [0.2, 0.25) is 0 Å². The highest BCUT2D eigenvalue weighted by Crippen LogP contribution is 2.23. The Morgan fingerprint density at radius 2 is 1.75 bits per heavy atom. The molecular weight excluding hydrogens is 256 g/mol. The number of rotatable bonds is 6. The van der Waals surface area contributed by atoms with Gasteiger partial charge in [0, 0.05) is 19.0 Å². The molecule has 0 fully saturated rings. The maximum Gasteiger partial charge on any atom is 0.292 e. The lowest BCUT2D eigenvalue weighted by atomic mass is 10.1. The standard InChI is InChI=1S/C15H16N2O3/c18-13(10-12-6-2-1-3-7-12)11-16-14-8-4-5-9-15(14)17(19)20/h1-9,13,16,18H,10-11H2. The normalized spacial score (nSPS) is 11.8. The zero-order valence-corrected chi connectivity index (χ0v) is 10.9. The van der Waals surface area contributed by atoms with Gasteiger partial charge in [0.25, 0.3) is 5.69 Å². The predicted octanol–water partition coefficient (Wildman–Crippen LogP) is 2.61. The number of nitrogens with zero attached hydrogens (tertiary/aromatic N) is 1. The van der Waals surface area contributed by atoms with Crippen molar-refractivity contribution < 1.29 is 10.0 Å². The van der Waals surface area contributed by atoms with Gasteiger partial charge in [-0.2, -0.15) is 0 Å².